The molecule has 3 aromatic heterocycles. The maximum absolute atomic E-state index is 14.8. The first-order valence-corrected chi connectivity index (χ1v) is 12.9. The highest BCUT2D eigenvalue weighted by Crippen LogP contribution is 2.46. The highest BCUT2D eigenvalue weighted by Gasteiger charge is 2.45. The van der Waals surface area contributed by atoms with E-state index in [9.17, 15) is 13.6 Å². The van der Waals surface area contributed by atoms with Crippen LogP contribution in [0.1, 0.15) is 67.8 Å². The van der Waals surface area contributed by atoms with Gasteiger partial charge in [-0.3, -0.25) is 9.89 Å². The van der Waals surface area contributed by atoms with Crippen molar-refractivity contribution in [1.29, 1.82) is 0 Å². The van der Waals surface area contributed by atoms with Gasteiger partial charge in [-0.1, -0.05) is 12.8 Å². The van der Waals surface area contributed by atoms with Gasteiger partial charge in [0.1, 0.15) is 11.9 Å². The molecule has 3 N–H and O–H groups in total. The van der Waals surface area contributed by atoms with Gasteiger partial charge in [0, 0.05) is 42.2 Å². The number of hydrogen-bond acceptors (Lipinski definition) is 8. The Labute approximate surface area is 204 Å². The Kier molecular flexibility index (Phi) is 5.62. The summed E-state index contributed by atoms with van der Waals surface area (Å²) in [6.07, 6.45) is 7.46. The number of fused-ring (bicyclic) bond motifs is 1. The third-order valence-corrected chi connectivity index (χ3v) is 7.82. The second-order valence-electron chi connectivity index (χ2n) is 9.39. The minimum Gasteiger partial charge on any atom is -0.329 e. The molecule has 9 nitrogen and oxygen atoms in total. The van der Waals surface area contributed by atoms with E-state index in [-0.39, 0.29) is 36.1 Å². The molecule has 0 radical (unpaired) electrons. The molecular weight excluding hydrogens is 474 g/mol. The van der Waals surface area contributed by atoms with Gasteiger partial charge < -0.3 is 15.5 Å². The van der Waals surface area contributed by atoms with Crippen LogP contribution in [0.5, 0.6) is 0 Å². The van der Waals surface area contributed by atoms with Crippen molar-refractivity contribution in [3.63, 3.8) is 0 Å². The molecule has 6 rings (SSSR count). The van der Waals surface area contributed by atoms with Crippen molar-refractivity contribution in [3.8, 4) is 0 Å². The number of H-pyrrole nitrogens is 1. The number of aromatic nitrogens is 5. The first-order valence-electron chi connectivity index (χ1n) is 12.1. The lowest BCUT2D eigenvalue weighted by Crippen LogP contribution is -2.40. The van der Waals surface area contributed by atoms with Crippen molar-refractivity contribution in [3.05, 3.63) is 34.6 Å². The van der Waals surface area contributed by atoms with Crippen LogP contribution >= 0.6 is 11.3 Å². The lowest BCUT2D eigenvalue weighted by Gasteiger charge is -2.25. The summed E-state index contributed by atoms with van der Waals surface area (Å²) in [5.41, 5.74) is 1.16. The van der Waals surface area contributed by atoms with Crippen LogP contribution in [0.4, 0.5) is 31.5 Å². The fourth-order valence-electron chi connectivity index (χ4n) is 5.40. The number of carbonyl (C=O) groups is 1. The Morgan fingerprint density at radius 3 is 2.86 bits per heavy atom. The molecule has 1 aliphatic heterocycles. The number of carbonyl (C=O) groups excluding carboxylic acids is 1. The van der Waals surface area contributed by atoms with E-state index in [1.807, 2.05) is 6.07 Å². The molecule has 1 amide bonds. The number of anilines is 4. The number of aryl methyl sites for hydroxylation is 1. The maximum atomic E-state index is 14.8. The number of rotatable bonds is 6. The van der Waals surface area contributed by atoms with Crippen molar-refractivity contribution in [1.82, 2.24) is 25.1 Å². The predicted molar refractivity (Wildman–Crippen MR) is 128 cm³/mol. The number of nitrogens with one attached hydrogen (secondary N) is 3. The number of nitrogens with zero attached hydrogens (tertiary/aromatic N) is 5. The summed E-state index contributed by atoms with van der Waals surface area (Å²) >= 11 is 1.34. The molecule has 0 spiro atoms. The van der Waals surface area contributed by atoms with Gasteiger partial charge in [-0.2, -0.15) is 10.1 Å². The highest BCUT2D eigenvalue weighted by atomic mass is 32.1. The molecule has 0 aromatic carbocycles. The standard InChI is InChI=1S/C23H26F2N8OS/c24-23(25)8-7-14-18(23)19(28-17-12-15(31-32-17)13-4-1-2-5-13)29-21(27-14)33-10-3-6-16(33)20(34)30-22-26-9-11-35-22/h9,11-13,16H,1-8,10H2,(H,26,30,34)(H2,27,28,29,31,32). The number of hydrogen-bond donors (Lipinski definition) is 3. The quantitative estimate of drug-likeness (QED) is 0.450. The van der Waals surface area contributed by atoms with Gasteiger partial charge in [0.25, 0.3) is 5.92 Å². The third-order valence-electron chi connectivity index (χ3n) is 7.13. The van der Waals surface area contributed by atoms with Crippen molar-refractivity contribution in [2.75, 3.05) is 22.1 Å². The van der Waals surface area contributed by atoms with Crippen LogP contribution in [0.3, 0.4) is 0 Å². The third kappa shape index (κ3) is 4.24. The number of amides is 1. The van der Waals surface area contributed by atoms with Crippen LogP contribution in [-0.4, -0.2) is 43.6 Å². The first-order chi connectivity index (χ1) is 17.0. The molecule has 1 unspecified atom stereocenters. The van der Waals surface area contributed by atoms with Gasteiger partial charge in [-0.05, 0) is 32.1 Å². The number of thiazole rings is 1. The summed E-state index contributed by atoms with van der Waals surface area (Å²) in [5, 5.41) is 15.6. The zero-order chi connectivity index (χ0) is 24.0. The number of alkyl halides is 2. The molecule has 1 saturated carbocycles. The SMILES string of the molecule is O=C(Nc1nccs1)C1CCCN1c1nc2c(c(Nc3cc(C4CCCC4)[nH]n3)n1)C(F)(F)CC2. The number of halogens is 2. The summed E-state index contributed by atoms with van der Waals surface area (Å²) in [4.78, 5) is 27.9. The average Bonchev–Trinajstić information content (AvgIpc) is 3.63. The van der Waals surface area contributed by atoms with E-state index in [1.165, 1.54) is 24.2 Å². The van der Waals surface area contributed by atoms with Crippen LogP contribution in [0.15, 0.2) is 17.6 Å². The van der Waals surface area contributed by atoms with Gasteiger partial charge >= 0.3 is 0 Å². The van der Waals surface area contributed by atoms with E-state index in [0.29, 0.717) is 35.5 Å². The van der Waals surface area contributed by atoms with E-state index in [2.05, 4.69) is 35.8 Å². The average molecular weight is 501 g/mol. The Hall–Kier alpha value is -3.15. The van der Waals surface area contributed by atoms with Crippen LogP contribution < -0.4 is 15.5 Å². The van der Waals surface area contributed by atoms with Crippen LogP contribution in [0, 0.1) is 0 Å². The van der Waals surface area contributed by atoms with Gasteiger partial charge in [-0.15, -0.1) is 11.3 Å². The zero-order valence-corrected chi connectivity index (χ0v) is 19.9. The van der Waals surface area contributed by atoms with Gasteiger partial charge in [0.15, 0.2) is 10.9 Å². The molecule has 1 saturated heterocycles. The van der Waals surface area contributed by atoms with E-state index in [0.717, 1.165) is 25.0 Å². The molecule has 1 atom stereocenters. The van der Waals surface area contributed by atoms with Crippen LogP contribution in [-0.2, 0) is 17.1 Å². The normalized spacial score (nSPS) is 21.4. The van der Waals surface area contributed by atoms with Crippen molar-refractivity contribution in [2.45, 2.75) is 69.2 Å². The molecule has 4 heterocycles. The van der Waals surface area contributed by atoms with Crippen molar-refractivity contribution < 1.29 is 13.6 Å². The van der Waals surface area contributed by atoms with Crippen LogP contribution in [0.25, 0.3) is 0 Å². The molecule has 12 heteroatoms. The van der Waals surface area contributed by atoms with Crippen molar-refractivity contribution >= 4 is 40.0 Å². The summed E-state index contributed by atoms with van der Waals surface area (Å²) in [7, 11) is 0. The summed E-state index contributed by atoms with van der Waals surface area (Å²) < 4.78 is 29.7. The first kappa shape index (κ1) is 22.3. The minimum absolute atomic E-state index is 0.0583. The maximum Gasteiger partial charge on any atom is 0.278 e. The van der Waals surface area contributed by atoms with Gasteiger partial charge in [-0.25, -0.2) is 18.7 Å². The van der Waals surface area contributed by atoms with E-state index < -0.39 is 12.0 Å². The Morgan fingerprint density at radius 2 is 2.06 bits per heavy atom. The van der Waals surface area contributed by atoms with E-state index in [4.69, 9.17) is 0 Å². The Bertz CT molecular complexity index is 1220. The second kappa shape index (κ2) is 8.81. The monoisotopic (exact) mass is 500 g/mol. The molecule has 3 aliphatic rings. The summed E-state index contributed by atoms with van der Waals surface area (Å²) in [5.74, 6) is -1.99. The van der Waals surface area contributed by atoms with E-state index >= 15 is 0 Å². The highest BCUT2D eigenvalue weighted by molar-refractivity contribution is 7.13. The molecule has 35 heavy (non-hydrogen) atoms. The van der Waals surface area contributed by atoms with Gasteiger partial charge in [0.2, 0.25) is 11.9 Å². The molecule has 184 valence electrons. The lowest BCUT2D eigenvalue weighted by atomic mass is 10.0. The fourth-order valence-corrected chi connectivity index (χ4v) is 5.93. The van der Waals surface area contributed by atoms with Gasteiger partial charge in [0.05, 0.1) is 11.3 Å². The number of aromatic amines is 1. The predicted octanol–water partition coefficient (Wildman–Crippen LogP) is 4.70. The molecule has 3 aromatic rings. The Balaban J connectivity index is 1.30. The molecule has 0 bridgehead atoms. The van der Waals surface area contributed by atoms with Crippen molar-refractivity contribution in [2.24, 2.45) is 0 Å². The zero-order valence-electron chi connectivity index (χ0n) is 19.1. The smallest absolute Gasteiger partial charge is 0.278 e. The molecule has 2 aliphatic carbocycles. The van der Waals surface area contributed by atoms with E-state index in [1.54, 1.807) is 16.5 Å². The fraction of sp³-hybridized carbons (Fsp3) is 0.522. The molecular formula is C23H26F2N8OS. The topological polar surface area (TPSA) is 112 Å². The largest absolute Gasteiger partial charge is 0.329 e. The Morgan fingerprint density at radius 1 is 1.20 bits per heavy atom. The van der Waals surface area contributed by atoms with Crippen LogP contribution in [0.2, 0.25) is 0 Å². The summed E-state index contributed by atoms with van der Waals surface area (Å²) in [6, 6.07) is 1.39. The lowest BCUT2D eigenvalue weighted by molar-refractivity contribution is -0.117. The minimum atomic E-state index is -3.02. The second-order valence-corrected chi connectivity index (χ2v) is 10.3. The summed E-state index contributed by atoms with van der Waals surface area (Å²) in [6.45, 7) is 0.568. The molecule has 2 fully saturated rings.